The largest absolute Gasteiger partial charge is 0.375 e. The molecule has 4 nitrogen and oxygen atoms in total. The van der Waals surface area contributed by atoms with Crippen LogP contribution in [0.3, 0.4) is 0 Å². The molecule has 0 aromatic rings. The molecule has 0 aromatic heterocycles. The molecule has 0 spiro atoms. The van der Waals surface area contributed by atoms with Gasteiger partial charge in [-0.2, -0.15) is 0 Å². The van der Waals surface area contributed by atoms with Crippen LogP contribution in [0.2, 0.25) is 0 Å². The van der Waals surface area contributed by atoms with Crippen LogP contribution in [0.15, 0.2) is 0 Å². The Morgan fingerprint density at radius 2 is 2.38 bits per heavy atom. The maximum Gasteiger partial charge on any atom is 0.248 e. The van der Waals surface area contributed by atoms with E-state index in [1.165, 1.54) is 0 Å². The van der Waals surface area contributed by atoms with E-state index in [-0.39, 0.29) is 12.5 Å². The molecule has 1 amide bonds. The van der Waals surface area contributed by atoms with Crippen LogP contribution in [0.5, 0.6) is 0 Å². The van der Waals surface area contributed by atoms with E-state index in [1.807, 2.05) is 11.8 Å². The van der Waals surface area contributed by atoms with Crippen molar-refractivity contribution in [3.8, 4) is 0 Å². The predicted octanol–water partition coefficient (Wildman–Crippen LogP) is 1.05. The van der Waals surface area contributed by atoms with Crippen LogP contribution in [-0.2, 0) is 14.3 Å². The monoisotopic (exact) mass is 227 g/mol. The molecule has 2 rings (SSSR count). The minimum atomic E-state index is 0.125. The summed E-state index contributed by atoms with van der Waals surface area (Å²) in [4.78, 5) is 13.7. The zero-order valence-electron chi connectivity index (χ0n) is 10.1. The van der Waals surface area contributed by atoms with Crippen LogP contribution in [0, 0.1) is 5.92 Å². The Hall–Kier alpha value is -0.610. The lowest BCUT2D eigenvalue weighted by Crippen LogP contribution is -2.45. The summed E-state index contributed by atoms with van der Waals surface area (Å²) in [6.07, 6.45) is 2.80. The average Bonchev–Trinajstić information content (AvgIpc) is 2.64. The number of amides is 1. The fourth-order valence-corrected chi connectivity index (χ4v) is 2.70. The first-order valence-corrected chi connectivity index (χ1v) is 6.21. The van der Waals surface area contributed by atoms with Crippen molar-refractivity contribution in [3.63, 3.8) is 0 Å². The summed E-state index contributed by atoms with van der Waals surface area (Å²) in [5, 5.41) is 0. The van der Waals surface area contributed by atoms with E-state index < -0.39 is 0 Å². The first kappa shape index (κ1) is 11.9. The van der Waals surface area contributed by atoms with Gasteiger partial charge in [0.1, 0.15) is 6.61 Å². The molecule has 0 bridgehead atoms. The summed E-state index contributed by atoms with van der Waals surface area (Å²) in [5.41, 5.74) is 0. The summed E-state index contributed by atoms with van der Waals surface area (Å²) in [5.74, 6) is 0.661. The normalized spacial score (nSPS) is 33.9. The molecule has 16 heavy (non-hydrogen) atoms. The maximum atomic E-state index is 11.8. The summed E-state index contributed by atoms with van der Waals surface area (Å²) >= 11 is 0. The Morgan fingerprint density at radius 3 is 3.12 bits per heavy atom. The van der Waals surface area contributed by atoms with E-state index in [0.717, 1.165) is 25.9 Å². The fraction of sp³-hybridized carbons (Fsp3) is 0.917. The van der Waals surface area contributed by atoms with E-state index in [9.17, 15) is 4.79 Å². The molecule has 2 aliphatic rings. The number of nitrogens with zero attached hydrogens (tertiary/aromatic N) is 1. The Kier molecular flexibility index (Phi) is 3.82. The van der Waals surface area contributed by atoms with Crippen molar-refractivity contribution in [2.45, 2.75) is 38.9 Å². The molecule has 0 radical (unpaired) electrons. The van der Waals surface area contributed by atoms with Gasteiger partial charge in [0.2, 0.25) is 5.91 Å². The quantitative estimate of drug-likeness (QED) is 0.723. The van der Waals surface area contributed by atoms with Gasteiger partial charge < -0.3 is 14.4 Å². The van der Waals surface area contributed by atoms with Gasteiger partial charge in [0.25, 0.3) is 0 Å². The molecule has 2 fully saturated rings. The van der Waals surface area contributed by atoms with E-state index in [0.29, 0.717) is 24.7 Å². The van der Waals surface area contributed by atoms with E-state index in [2.05, 4.69) is 6.92 Å². The second-order valence-electron chi connectivity index (χ2n) is 4.75. The molecular weight excluding hydrogens is 206 g/mol. The van der Waals surface area contributed by atoms with Crippen LogP contribution in [0.4, 0.5) is 0 Å². The standard InChI is InChI=1S/C12H21NO3/c1-3-15-8-12(14)13-5-4-11-10(7-13)6-9(2)16-11/h9-11H,3-8H2,1-2H3/t9-,10-,11-/m0/s1. The number of rotatable bonds is 3. The third kappa shape index (κ3) is 2.55. The lowest BCUT2D eigenvalue weighted by atomic mass is 9.93. The highest BCUT2D eigenvalue weighted by molar-refractivity contribution is 5.77. The van der Waals surface area contributed by atoms with Crippen LogP contribution in [0.1, 0.15) is 26.7 Å². The number of fused-ring (bicyclic) bond motifs is 1. The summed E-state index contributed by atoms with van der Waals surface area (Å²) in [6, 6.07) is 0. The third-order valence-corrected chi connectivity index (χ3v) is 3.49. The number of carbonyl (C=O) groups is 1. The number of likely N-dealkylation sites (tertiary alicyclic amines) is 1. The van der Waals surface area contributed by atoms with Gasteiger partial charge >= 0.3 is 0 Å². The van der Waals surface area contributed by atoms with Crippen molar-refractivity contribution in [2.24, 2.45) is 5.92 Å². The lowest BCUT2D eigenvalue weighted by Gasteiger charge is -2.34. The maximum absolute atomic E-state index is 11.8. The third-order valence-electron chi connectivity index (χ3n) is 3.49. The molecule has 4 heteroatoms. The summed E-state index contributed by atoms with van der Waals surface area (Å²) < 4.78 is 11.0. The zero-order valence-corrected chi connectivity index (χ0v) is 10.1. The molecule has 2 aliphatic heterocycles. The van der Waals surface area contributed by atoms with Crippen LogP contribution in [0.25, 0.3) is 0 Å². The second kappa shape index (κ2) is 5.15. The second-order valence-corrected chi connectivity index (χ2v) is 4.75. The van der Waals surface area contributed by atoms with Crippen molar-refractivity contribution in [1.82, 2.24) is 4.90 Å². The van der Waals surface area contributed by atoms with Crippen LogP contribution in [-0.4, -0.2) is 49.3 Å². The first-order valence-electron chi connectivity index (χ1n) is 6.21. The highest BCUT2D eigenvalue weighted by Crippen LogP contribution is 2.32. The number of hydrogen-bond donors (Lipinski definition) is 0. The summed E-state index contributed by atoms with van der Waals surface area (Å²) in [6.45, 7) is 6.52. The van der Waals surface area contributed by atoms with Crippen molar-refractivity contribution in [3.05, 3.63) is 0 Å². The molecular formula is C12H21NO3. The van der Waals surface area contributed by atoms with Gasteiger partial charge in [-0.15, -0.1) is 0 Å². The Morgan fingerprint density at radius 1 is 1.56 bits per heavy atom. The van der Waals surface area contributed by atoms with Gasteiger partial charge in [0.05, 0.1) is 12.2 Å². The SMILES string of the molecule is CCOCC(=O)N1CC[C@@H]2O[C@@H](C)C[C@H]2C1. The van der Waals surface area contributed by atoms with Gasteiger partial charge in [-0.3, -0.25) is 4.79 Å². The predicted molar refractivity (Wildman–Crippen MR) is 60.1 cm³/mol. The molecule has 3 atom stereocenters. The Labute approximate surface area is 96.9 Å². The molecule has 0 N–H and O–H groups in total. The highest BCUT2D eigenvalue weighted by Gasteiger charge is 2.38. The molecule has 0 aromatic carbocycles. The highest BCUT2D eigenvalue weighted by atomic mass is 16.5. The van der Waals surface area contributed by atoms with Gasteiger partial charge in [0, 0.05) is 25.6 Å². The first-order chi connectivity index (χ1) is 7.70. The Balaban J connectivity index is 1.83. The Bertz CT molecular complexity index is 257. The summed E-state index contributed by atoms with van der Waals surface area (Å²) in [7, 11) is 0. The zero-order chi connectivity index (χ0) is 11.5. The van der Waals surface area contributed by atoms with Gasteiger partial charge in [-0.25, -0.2) is 0 Å². The van der Waals surface area contributed by atoms with Gasteiger partial charge in [0.15, 0.2) is 0 Å². The van der Waals surface area contributed by atoms with Crippen LogP contribution < -0.4 is 0 Å². The van der Waals surface area contributed by atoms with E-state index in [1.54, 1.807) is 0 Å². The number of hydrogen-bond acceptors (Lipinski definition) is 3. The minimum absolute atomic E-state index is 0.125. The van der Waals surface area contributed by atoms with E-state index >= 15 is 0 Å². The molecule has 2 heterocycles. The number of piperidine rings is 1. The molecule has 0 aliphatic carbocycles. The number of carbonyl (C=O) groups excluding carboxylic acids is 1. The smallest absolute Gasteiger partial charge is 0.248 e. The van der Waals surface area contributed by atoms with Gasteiger partial charge in [-0.1, -0.05) is 0 Å². The van der Waals surface area contributed by atoms with Crippen molar-refractivity contribution >= 4 is 5.91 Å². The van der Waals surface area contributed by atoms with Crippen molar-refractivity contribution in [2.75, 3.05) is 26.3 Å². The van der Waals surface area contributed by atoms with Crippen molar-refractivity contribution < 1.29 is 14.3 Å². The molecule has 2 saturated heterocycles. The molecule has 92 valence electrons. The van der Waals surface area contributed by atoms with Crippen LogP contribution >= 0.6 is 0 Å². The van der Waals surface area contributed by atoms with Gasteiger partial charge in [-0.05, 0) is 26.7 Å². The average molecular weight is 227 g/mol. The minimum Gasteiger partial charge on any atom is -0.375 e. The van der Waals surface area contributed by atoms with Crippen molar-refractivity contribution in [1.29, 1.82) is 0 Å². The molecule has 0 unspecified atom stereocenters. The molecule has 0 saturated carbocycles. The lowest BCUT2D eigenvalue weighted by molar-refractivity contribution is -0.139. The fourth-order valence-electron chi connectivity index (χ4n) is 2.70. The number of ether oxygens (including phenoxy) is 2. The topological polar surface area (TPSA) is 38.8 Å². The van der Waals surface area contributed by atoms with E-state index in [4.69, 9.17) is 9.47 Å².